The highest BCUT2D eigenvalue weighted by atomic mass is 16.5. The van der Waals surface area contributed by atoms with Crippen molar-refractivity contribution in [2.75, 3.05) is 18.4 Å². The lowest BCUT2D eigenvalue weighted by Crippen LogP contribution is -2.39. The van der Waals surface area contributed by atoms with E-state index in [1.807, 2.05) is 26.0 Å². The molecule has 0 unspecified atom stereocenters. The molecule has 0 spiro atoms. The molecule has 0 saturated carbocycles. The number of nitrogens with zero attached hydrogens (tertiary/aromatic N) is 6. The second-order valence-electron chi connectivity index (χ2n) is 9.95. The van der Waals surface area contributed by atoms with Crippen molar-refractivity contribution in [3.8, 4) is 29.0 Å². The maximum atomic E-state index is 11.3. The lowest BCUT2D eigenvalue weighted by molar-refractivity contribution is 0.1000. The van der Waals surface area contributed by atoms with Crippen molar-refractivity contribution in [2.45, 2.75) is 39.3 Å². The molecule has 2 aromatic heterocycles. The normalized spacial score (nSPS) is 13.9. The van der Waals surface area contributed by atoms with Gasteiger partial charge in [-0.15, -0.1) is 0 Å². The highest BCUT2D eigenvalue weighted by Crippen LogP contribution is 2.31. The molecule has 1 saturated heterocycles. The van der Waals surface area contributed by atoms with Crippen LogP contribution in [-0.4, -0.2) is 49.9 Å². The minimum absolute atomic E-state index is 0.196. The molecule has 40 heavy (non-hydrogen) atoms. The highest BCUT2D eigenvalue weighted by molar-refractivity contribution is 5.92. The number of ether oxygens (including phenoxy) is 1. The SMILES string of the molecule is Cc1cc(C#N)cc(C)c1Oc1cc(-c2cncnc2)nc(NC2CCN(Cc3ccc(C(N)=O)cc3)CC2)n1. The summed E-state index contributed by atoms with van der Waals surface area (Å²) in [5.41, 5.74) is 10.7. The van der Waals surface area contributed by atoms with Crippen LogP contribution >= 0.6 is 0 Å². The van der Waals surface area contributed by atoms with Gasteiger partial charge in [-0.25, -0.2) is 15.0 Å². The molecule has 2 aromatic carbocycles. The van der Waals surface area contributed by atoms with Crippen molar-refractivity contribution in [3.05, 3.63) is 89.0 Å². The van der Waals surface area contributed by atoms with Gasteiger partial charge in [0.25, 0.3) is 0 Å². The van der Waals surface area contributed by atoms with Gasteiger partial charge in [-0.1, -0.05) is 12.1 Å². The van der Waals surface area contributed by atoms with Crippen LogP contribution in [-0.2, 0) is 6.54 Å². The van der Waals surface area contributed by atoms with Crippen molar-refractivity contribution in [1.82, 2.24) is 24.8 Å². The number of anilines is 1. The lowest BCUT2D eigenvalue weighted by Gasteiger charge is -2.32. The second-order valence-corrected chi connectivity index (χ2v) is 9.95. The van der Waals surface area contributed by atoms with Crippen LogP contribution in [0.4, 0.5) is 5.95 Å². The number of likely N-dealkylation sites (tertiary alicyclic amines) is 1. The van der Waals surface area contributed by atoms with Gasteiger partial charge in [0.2, 0.25) is 17.7 Å². The number of aryl methyl sites for hydroxylation is 2. The zero-order chi connectivity index (χ0) is 28.1. The van der Waals surface area contributed by atoms with Crippen LogP contribution < -0.4 is 15.8 Å². The van der Waals surface area contributed by atoms with Crippen molar-refractivity contribution in [1.29, 1.82) is 5.26 Å². The standard InChI is InChI=1S/C30H30N8O2/c1-19-11-22(14-31)12-20(2)28(19)40-27-13-26(24-15-33-18-34-16-24)36-30(37-27)35-25-7-9-38(10-8-25)17-21-3-5-23(6-4-21)29(32)39/h3-6,11-13,15-16,18,25H,7-10,17H2,1-2H3,(H2,32,39)(H,35,36,37). The molecule has 0 radical (unpaired) electrons. The zero-order valence-electron chi connectivity index (χ0n) is 22.5. The van der Waals surface area contributed by atoms with E-state index in [9.17, 15) is 10.1 Å². The first-order chi connectivity index (χ1) is 19.4. The minimum Gasteiger partial charge on any atom is -0.438 e. The van der Waals surface area contributed by atoms with E-state index < -0.39 is 5.91 Å². The number of aromatic nitrogens is 4. The Hall–Kier alpha value is -4.88. The first-order valence-electron chi connectivity index (χ1n) is 13.1. The molecule has 5 rings (SSSR count). The van der Waals surface area contributed by atoms with E-state index in [4.69, 9.17) is 15.5 Å². The molecule has 4 aromatic rings. The summed E-state index contributed by atoms with van der Waals surface area (Å²) in [6.45, 7) is 6.46. The second kappa shape index (κ2) is 11.9. The molecule has 3 N–H and O–H groups in total. The fraction of sp³-hybridized carbons (Fsp3) is 0.267. The molecule has 1 aliphatic rings. The number of primary amides is 1. The van der Waals surface area contributed by atoms with Crippen LogP contribution in [0.25, 0.3) is 11.3 Å². The predicted molar refractivity (Wildman–Crippen MR) is 151 cm³/mol. The molecule has 202 valence electrons. The maximum Gasteiger partial charge on any atom is 0.248 e. The Balaban J connectivity index is 1.30. The van der Waals surface area contributed by atoms with Gasteiger partial charge >= 0.3 is 0 Å². The molecule has 3 heterocycles. The number of nitriles is 1. The van der Waals surface area contributed by atoms with Gasteiger partial charge in [0.1, 0.15) is 12.1 Å². The first-order valence-corrected chi connectivity index (χ1v) is 13.1. The van der Waals surface area contributed by atoms with Crippen LogP contribution in [0.3, 0.4) is 0 Å². The zero-order valence-corrected chi connectivity index (χ0v) is 22.5. The Morgan fingerprint density at radius 1 is 1.07 bits per heavy atom. The number of carbonyl (C=O) groups is 1. The van der Waals surface area contributed by atoms with Gasteiger partial charge in [-0.2, -0.15) is 10.2 Å². The average Bonchev–Trinajstić information content (AvgIpc) is 2.96. The topological polar surface area (TPSA) is 143 Å². The third-order valence-electron chi connectivity index (χ3n) is 6.92. The molecule has 0 aliphatic carbocycles. The van der Waals surface area contributed by atoms with Crippen molar-refractivity contribution >= 4 is 11.9 Å². The Morgan fingerprint density at radius 3 is 2.38 bits per heavy atom. The third-order valence-corrected chi connectivity index (χ3v) is 6.92. The van der Waals surface area contributed by atoms with E-state index in [2.05, 4.69) is 31.2 Å². The summed E-state index contributed by atoms with van der Waals surface area (Å²) in [4.78, 5) is 31.4. The Morgan fingerprint density at radius 2 is 1.75 bits per heavy atom. The van der Waals surface area contributed by atoms with Gasteiger partial charge in [0, 0.05) is 55.3 Å². The fourth-order valence-electron chi connectivity index (χ4n) is 4.85. The summed E-state index contributed by atoms with van der Waals surface area (Å²) < 4.78 is 6.26. The van der Waals surface area contributed by atoms with Crippen molar-refractivity contribution < 1.29 is 9.53 Å². The average molecular weight is 535 g/mol. The monoisotopic (exact) mass is 534 g/mol. The number of hydrogen-bond acceptors (Lipinski definition) is 9. The molecule has 0 bridgehead atoms. The summed E-state index contributed by atoms with van der Waals surface area (Å²) in [7, 11) is 0. The number of rotatable bonds is 8. The van der Waals surface area contributed by atoms with E-state index >= 15 is 0 Å². The van der Waals surface area contributed by atoms with Gasteiger partial charge in [0.05, 0.1) is 17.3 Å². The van der Waals surface area contributed by atoms with E-state index in [-0.39, 0.29) is 6.04 Å². The van der Waals surface area contributed by atoms with Crippen molar-refractivity contribution in [3.63, 3.8) is 0 Å². The molecule has 1 aliphatic heterocycles. The molecule has 10 heteroatoms. The number of nitrogens with two attached hydrogens (primary N) is 1. The van der Waals surface area contributed by atoms with Crippen LogP contribution in [0, 0.1) is 25.2 Å². The van der Waals surface area contributed by atoms with Gasteiger partial charge in [-0.3, -0.25) is 9.69 Å². The molecular formula is C30H30N8O2. The summed E-state index contributed by atoms with van der Waals surface area (Å²) in [6.07, 6.45) is 6.73. The molecule has 1 fully saturated rings. The number of carbonyl (C=O) groups excluding carboxylic acids is 1. The number of amides is 1. The summed E-state index contributed by atoms with van der Waals surface area (Å²) in [6, 6.07) is 15.2. The third kappa shape index (κ3) is 6.39. The maximum absolute atomic E-state index is 11.3. The Bertz CT molecular complexity index is 1520. The van der Waals surface area contributed by atoms with Crippen molar-refractivity contribution in [2.24, 2.45) is 5.73 Å². The molecule has 1 amide bonds. The van der Waals surface area contributed by atoms with E-state index in [0.717, 1.165) is 54.7 Å². The summed E-state index contributed by atoms with van der Waals surface area (Å²) in [5.74, 6) is 1.11. The first kappa shape index (κ1) is 26.7. The van der Waals surface area contributed by atoms with Gasteiger partial charge in [0.15, 0.2) is 0 Å². The molecule has 0 atom stereocenters. The van der Waals surface area contributed by atoms with Crippen LogP contribution in [0.5, 0.6) is 11.6 Å². The van der Waals surface area contributed by atoms with Gasteiger partial charge in [-0.05, 0) is 67.6 Å². The van der Waals surface area contributed by atoms with E-state index in [1.165, 1.54) is 6.33 Å². The molecular weight excluding hydrogens is 504 g/mol. The van der Waals surface area contributed by atoms with Gasteiger partial charge < -0.3 is 15.8 Å². The highest BCUT2D eigenvalue weighted by Gasteiger charge is 2.21. The number of benzene rings is 2. The quantitative estimate of drug-likeness (QED) is 0.336. The van der Waals surface area contributed by atoms with Crippen LogP contribution in [0.15, 0.2) is 61.2 Å². The molecule has 10 nitrogen and oxygen atoms in total. The summed E-state index contributed by atoms with van der Waals surface area (Å²) >= 11 is 0. The van der Waals surface area contributed by atoms with E-state index in [0.29, 0.717) is 34.4 Å². The number of hydrogen-bond donors (Lipinski definition) is 2. The fourth-order valence-corrected chi connectivity index (χ4v) is 4.85. The number of piperidine rings is 1. The smallest absolute Gasteiger partial charge is 0.248 e. The van der Waals surface area contributed by atoms with Crippen LogP contribution in [0.1, 0.15) is 45.5 Å². The lowest BCUT2D eigenvalue weighted by atomic mass is 10.0. The largest absolute Gasteiger partial charge is 0.438 e. The predicted octanol–water partition coefficient (Wildman–Crippen LogP) is 4.39. The van der Waals surface area contributed by atoms with E-state index in [1.54, 1.807) is 42.7 Å². The Kier molecular flexibility index (Phi) is 7.94. The number of nitrogens with one attached hydrogen (secondary N) is 1. The van der Waals surface area contributed by atoms with Crippen LogP contribution in [0.2, 0.25) is 0 Å². The Labute approximate surface area is 232 Å². The summed E-state index contributed by atoms with van der Waals surface area (Å²) in [5, 5.41) is 12.8. The minimum atomic E-state index is -0.416.